The predicted octanol–water partition coefficient (Wildman–Crippen LogP) is 4.07. The minimum absolute atomic E-state index is 0.144. The third-order valence-corrected chi connectivity index (χ3v) is 6.17. The van der Waals surface area contributed by atoms with E-state index in [4.69, 9.17) is 14.2 Å². The highest BCUT2D eigenvalue weighted by molar-refractivity contribution is 14.1. The van der Waals surface area contributed by atoms with Crippen LogP contribution in [0, 0.1) is 3.57 Å². The smallest absolute Gasteiger partial charge is 0.343 e. The van der Waals surface area contributed by atoms with E-state index in [0.717, 1.165) is 4.90 Å². The Morgan fingerprint density at radius 1 is 1.08 bits per heavy atom. The molecule has 0 aromatic heterocycles. The molecule has 0 atom stereocenters. The van der Waals surface area contributed by atoms with Gasteiger partial charge in [0, 0.05) is 6.07 Å². The van der Waals surface area contributed by atoms with Crippen LogP contribution in [0.4, 0.5) is 10.5 Å². The van der Waals surface area contributed by atoms with Crippen LogP contribution in [-0.4, -0.2) is 50.7 Å². The Labute approximate surface area is 229 Å². The molecule has 190 valence electrons. The first-order valence-electron chi connectivity index (χ1n) is 10.7. The number of rotatable bonds is 9. The molecule has 3 rings (SSSR count). The first kappa shape index (κ1) is 27.5. The van der Waals surface area contributed by atoms with Crippen LogP contribution in [0.2, 0.25) is 0 Å². The number of nitrogens with zero attached hydrogens (tertiary/aromatic N) is 1. The highest BCUT2D eigenvalue weighted by Crippen LogP contribution is 2.36. The van der Waals surface area contributed by atoms with Crippen LogP contribution in [0.3, 0.4) is 0 Å². The van der Waals surface area contributed by atoms with E-state index < -0.39 is 23.8 Å². The van der Waals surface area contributed by atoms with Crippen molar-refractivity contribution < 1.29 is 38.1 Å². The highest BCUT2D eigenvalue weighted by Gasteiger charge is 2.38. The number of esters is 1. The number of anilines is 1. The van der Waals surface area contributed by atoms with E-state index in [1.165, 1.54) is 19.3 Å². The van der Waals surface area contributed by atoms with E-state index in [0.29, 0.717) is 38.3 Å². The van der Waals surface area contributed by atoms with Crippen LogP contribution in [0.5, 0.6) is 17.2 Å². The van der Waals surface area contributed by atoms with Crippen molar-refractivity contribution in [3.8, 4) is 17.2 Å². The maximum Gasteiger partial charge on any atom is 0.343 e. The molecule has 10 nitrogen and oxygen atoms in total. The Morgan fingerprint density at radius 2 is 1.81 bits per heavy atom. The summed E-state index contributed by atoms with van der Waals surface area (Å²) in [5.74, 6) is -1.10. The third-order valence-electron chi connectivity index (χ3n) is 4.78. The van der Waals surface area contributed by atoms with E-state index in [-0.39, 0.29) is 23.6 Å². The van der Waals surface area contributed by atoms with Crippen molar-refractivity contribution in [2.45, 2.75) is 13.8 Å². The average Bonchev–Trinajstić information content (AvgIpc) is 2.82. The monoisotopic (exact) mass is 672 g/mol. The van der Waals surface area contributed by atoms with Crippen LogP contribution >= 0.6 is 38.5 Å². The summed E-state index contributed by atoms with van der Waals surface area (Å²) in [4.78, 5) is 51.0. The molecular formula is C24H22BrIN2O8. The van der Waals surface area contributed by atoms with Gasteiger partial charge in [0.2, 0.25) is 0 Å². The number of imide groups is 2. The molecule has 1 N–H and O–H groups in total. The Bertz CT molecular complexity index is 1220. The summed E-state index contributed by atoms with van der Waals surface area (Å²) in [6, 6.07) is 7.13. The van der Waals surface area contributed by atoms with Gasteiger partial charge >= 0.3 is 12.0 Å². The lowest BCUT2D eigenvalue weighted by molar-refractivity contribution is -0.143. The first-order chi connectivity index (χ1) is 17.2. The quantitative estimate of drug-likeness (QED) is 0.183. The van der Waals surface area contributed by atoms with Gasteiger partial charge < -0.3 is 18.9 Å². The van der Waals surface area contributed by atoms with Gasteiger partial charge in [0.1, 0.15) is 22.8 Å². The summed E-state index contributed by atoms with van der Waals surface area (Å²) >= 11 is 5.38. The summed E-state index contributed by atoms with van der Waals surface area (Å²) < 4.78 is 22.3. The number of ether oxygens (including phenoxy) is 4. The largest absolute Gasteiger partial charge is 0.494 e. The van der Waals surface area contributed by atoms with Crippen LogP contribution < -0.4 is 24.4 Å². The zero-order valence-corrected chi connectivity index (χ0v) is 23.3. The second-order valence-electron chi connectivity index (χ2n) is 7.13. The van der Waals surface area contributed by atoms with Crippen molar-refractivity contribution in [2.24, 2.45) is 0 Å². The van der Waals surface area contributed by atoms with Gasteiger partial charge in [0.15, 0.2) is 6.61 Å². The van der Waals surface area contributed by atoms with Crippen molar-refractivity contribution in [3.05, 3.63) is 49.5 Å². The molecule has 1 fully saturated rings. The van der Waals surface area contributed by atoms with Crippen molar-refractivity contribution in [3.63, 3.8) is 0 Å². The normalized spacial score (nSPS) is 14.5. The Morgan fingerprint density at radius 3 is 2.44 bits per heavy atom. The molecule has 0 unspecified atom stereocenters. The molecule has 12 heteroatoms. The van der Waals surface area contributed by atoms with Crippen molar-refractivity contribution in [1.29, 1.82) is 0 Å². The highest BCUT2D eigenvalue weighted by atomic mass is 127. The van der Waals surface area contributed by atoms with E-state index >= 15 is 0 Å². The van der Waals surface area contributed by atoms with E-state index in [2.05, 4.69) is 26.0 Å². The maximum atomic E-state index is 13.4. The van der Waals surface area contributed by atoms with Crippen molar-refractivity contribution >= 4 is 74.1 Å². The number of carbonyl (C=O) groups excluding carboxylic acids is 4. The fourth-order valence-electron chi connectivity index (χ4n) is 3.24. The molecule has 0 aliphatic carbocycles. The molecule has 2 aromatic carbocycles. The molecule has 0 bridgehead atoms. The van der Waals surface area contributed by atoms with E-state index in [9.17, 15) is 19.2 Å². The number of carbonyl (C=O) groups is 4. The van der Waals surface area contributed by atoms with E-state index in [1.54, 1.807) is 38.1 Å². The Hall–Kier alpha value is -3.13. The summed E-state index contributed by atoms with van der Waals surface area (Å²) in [7, 11) is 1.26. The van der Waals surface area contributed by atoms with Gasteiger partial charge in [-0.25, -0.2) is 14.5 Å². The molecule has 4 amide bonds. The minimum atomic E-state index is -0.904. The summed E-state index contributed by atoms with van der Waals surface area (Å²) in [5.41, 5.74) is 0.369. The fraction of sp³-hybridized carbons (Fsp3) is 0.250. The summed E-state index contributed by atoms with van der Waals surface area (Å²) in [6.45, 7) is 3.96. The number of methoxy groups -OCH3 is 1. The average molecular weight is 673 g/mol. The fourth-order valence-corrected chi connectivity index (χ4v) is 5.01. The Kier molecular flexibility index (Phi) is 9.31. The van der Waals surface area contributed by atoms with Gasteiger partial charge in [-0.1, -0.05) is 0 Å². The number of barbiturate groups is 1. The molecular weight excluding hydrogens is 651 g/mol. The second kappa shape index (κ2) is 12.2. The van der Waals surface area contributed by atoms with Gasteiger partial charge in [-0.3, -0.25) is 14.9 Å². The number of hydrogen-bond acceptors (Lipinski definition) is 8. The van der Waals surface area contributed by atoms with Crippen LogP contribution in [0.25, 0.3) is 6.08 Å². The van der Waals surface area contributed by atoms with Crippen molar-refractivity contribution in [2.75, 3.05) is 31.8 Å². The minimum Gasteiger partial charge on any atom is -0.494 e. The summed E-state index contributed by atoms with van der Waals surface area (Å²) in [6.07, 6.45) is 1.36. The van der Waals surface area contributed by atoms with E-state index in [1.807, 2.05) is 22.6 Å². The number of urea groups is 1. The number of nitrogens with one attached hydrogen (secondary N) is 1. The van der Waals surface area contributed by atoms with Gasteiger partial charge in [-0.05, 0) is 88.3 Å². The maximum absolute atomic E-state index is 13.4. The number of amides is 4. The van der Waals surface area contributed by atoms with Crippen LogP contribution in [-0.2, 0) is 19.1 Å². The van der Waals surface area contributed by atoms with Gasteiger partial charge in [-0.15, -0.1) is 0 Å². The molecule has 0 radical (unpaired) electrons. The number of benzene rings is 2. The molecule has 2 aromatic rings. The van der Waals surface area contributed by atoms with Crippen molar-refractivity contribution in [1.82, 2.24) is 5.32 Å². The molecule has 1 heterocycles. The summed E-state index contributed by atoms with van der Waals surface area (Å²) in [5, 5.41) is 2.20. The number of halogens is 2. The first-order valence-corrected chi connectivity index (χ1v) is 12.6. The van der Waals surface area contributed by atoms with Crippen LogP contribution in [0.1, 0.15) is 19.4 Å². The van der Waals surface area contributed by atoms with Gasteiger partial charge in [0.25, 0.3) is 11.8 Å². The molecule has 0 spiro atoms. The third kappa shape index (κ3) is 6.16. The van der Waals surface area contributed by atoms with Gasteiger partial charge in [0.05, 0.1) is 34.1 Å². The SMILES string of the molecule is CCOc1ccc(OCC)c(N2C(=O)NC(=O)/C(=C\c3cc(Br)c(OCC(=O)OC)c(I)c3)C2=O)c1. The molecule has 1 aliphatic heterocycles. The Balaban J connectivity index is 2.00. The molecule has 0 saturated carbocycles. The molecule has 1 aliphatic rings. The molecule has 36 heavy (non-hydrogen) atoms. The lowest BCUT2D eigenvalue weighted by atomic mass is 10.1. The predicted molar refractivity (Wildman–Crippen MR) is 142 cm³/mol. The van der Waals surface area contributed by atoms with Crippen LogP contribution in [0.15, 0.2) is 40.4 Å². The van der Waals surface area contributed by atoms with Gasteiger partial charge in [-0.2, -0.15) is 0 Å². The molecule has 1 saturated heterocycles. The zero-order valence-electron chi connectivity index (χ0n) is 19.6. The lowest BCUT2D eigenvalue weighted by Crippen LogP contribution is -2.54. The zero-order chi connectivity index (χ0) is 26.4. The lowest BCUT2D eigenvalue weighted by Gasteiger charge is -2.28. The topological polar surface area (TPSA) is 120 Å². The second-order valence-corrected chi connectivity index (χ2v) is 9.15. The standard InChI is InChI=1S/C24H22BrIN2O8/c1-4-34-14-6-7-19(35-5-2)18(11-14)28-23(31)15(22(30)27-24(28)32)8-13-9-16(25)21(17(26)10-13)36-12-20(29)33-3/h6-11H,4-5,12H2,1-3H3,(H,27,30,32)/b15-8+. The number of hydrogen-bond donors (Lipinski definition) is 1.